The first-order chi connectivity index (χ1) is 13.3. The van der Waals surface area contributed by atoms with Crippen LogP contribution in [-0.4, -0.2) is 47.7 Å². The summed E-state index contributed by atoms with van der Waals surface area (Å²) in [6.45, 7) is 1.81. The zero-order valence-corrected chi connectivity index (χ0v) is 16.6. The van der Waals surface area contributed by atoms with Crippen LogP contribution in [0.15, 0.2) is 57.5 Å². The number of nitro groups is 1. The SMILES string of the molecule is COCC(C)NS(=O)(=O)c1ccc(Sc2nnc3ccccn23)c([N+](=O)[O-])c1. The Morgan fingerprint density at radius 2 is 2.11 bits per heavy atom. The van der Waals surface area contributed by atoms with Crippen molar-refractivity contribution in [1.29, 1.82) is 0 Å². The Bertz CT molecular complexity index is 1120. The maximum Gasteiger partial charge on any atom is 0.284 e. The van der Waals surface area contributed by atoms with E-state index in [0.29, 0.717) is 10.8 Å². The Kier molecular flexibility index (Phi) is 5.93. The number of nitrogens with one attached hydrogen (secondary N) is 1. The van der Waals surface area contributed by atoms with Gasteiger partial charge in [0, 0.05) is 25.4 Å². The third kappa shape index (κ3) is 4.30. The predicted molar refractivity (Wildman–Crippen MR) is 102 cm³/mol. The highest BCUT2D eigenvalue weighted by molar-refractivity contribution is 7.99. The second-order valence-electron chi connectivity index (χ2n) is 5.88. The molecule has 3 rings (SSSR count). The fourth-order valence-electron chi connectivity index (χ4n) is 2.50. The number of hydrogen-bond acceptors (Lipinski definition) is 8. The van der Waals surface area contributed by atoms with Crippen molar-refractivity contribution in [2.24, 2.45) is 0 Å². The minimum absolute atomic E-state index is 0.176. The minimum Gasteiger partial charge on any atom is -0.383 e. The van der Waals surface area contributed by atoms with Gasteiger partial charge in [-0.3, -0.25) is 14.5 Å². The Balaban J connectivity index is 1.94. The van der Waals surface area contributed by atoms with E-state index in [4.69, 9.17) is 4.74 Å². The molecule has 0 radical (unpaired) electrons. The van der Waals surface area contributed by atoms with Crippen molar-refractivity contribution >= 4 is 33.1 Å². The molecule has 10 nitrogen and oxygen atoms in total. The number of aromatic nitrogens is 3. The first-order valence-corrected chi connectivity index (χ1v) is 10.4. The molecule has 0 amide bonds. The largest absolute Gasteiger partial charge is 0.383 e. The number of ether oxygens (including phenoxy) is 1. The van der Waals surface area contributed by atoms with Crippen molar-refractivity contribution in [2.75, 3.05) is 13.7 Å². The van der Waals surface area contributed by atoms with E-state index in [1.165, 1.54) is 19.2 Å². The molecule has 1 aromatic carbocycles. The zero-order chi connectivity index (χ0) is 20.3. The minimum atomic E-state index is -3.93. The molecule has 1 atom stereocenters. The number of fused-ring (bicyclic) bond motifs is 1. The van der Waals surface area contributed by atoms with E-state index in [9.17, 15) is 18.5 Å². The maximum atomic E-state index is 12.5. The molecule has 3 aromatic rings. The molecule has 0 saturated heterocycles. The van der Waals surface area contributed by atoms with Gasteiger partial charge in [0.25, 0.3) is 5.69 Å². The van der Waals surface area contributed by atoms with Crippen LogP contribution < -0.4 is 4.72 Å². The van der Waals surface area contributed by atoms with Crippen LogP contribution in [0.5, 0.6) is 0 Å². The van der Waals surface area contributed by atoms with Gasteiger partial charge in [-0.1, -0.05) is 6.07 Å². The summed E-state index contributed by atoms with van der Waals surface area (Å²) in [6.07, 6.45) is 1.74. The lowest BCUT2D eigenvalue weighted by Gasteiger charge is -2.13. The summed E-state index contributed by atoms with van der Waals surface area (Å²) in [5, 5.41) is 20.0. The van der Waals surface area contributed by atoms with E-state index < -0.39 is 21.0 Å². The van der Waals surface area contributed by atoms with E-state index in [1.54, 1.807) is 35.7 Å². The van der Waals surface area contributed by atoms with Crippen molar-refractivity contribution in [1.82, 2.24) is 19.3 Å². The predicted octanol–water partition coefficient (Wildman–Crippen LogP) is 2.10. The molecule has 2 aromatic heterocycles. The number of nitro benzene ring substituents is 1. The molecule has 28 heavy (non-hydrogen) atoms. The van der Waals surface area contributed by atoms with Crippen LogP contribution in [0.3, 0.4) is 0 Å². The molecule has 0 fully saturated rings. The van der Waals surface area contributed by atoms with Gasteiger partial charge < -0.3 is 4.74 Å². The standard InChI is InChI=1S/C16H17N5O5S2/c1-11(10-26-2)19-28(24,25)12-6-7-14(13(9-12)21(22)23)27-16-18-17-15-5-3-4-8-20(15)16/h3-9,11,19H,10H2,1-2H3. The van der Waals surface area contributed by atoms with Gasteiger partial charge in [0.2, 0.25) is 15.2 Å². The Hall–Kier alpha value is -2.54. The molecule has 0 spiro atoms. The first-order valence-electron chi connectivity index (χ1n) is 8.09. The number of pyridine rings is 1. The van der Waals surface area contributed by atoms with Crippen LogP contribution in [0.2, 0.25) is 0 Å². The van der Waals surface area contributed by atoms with Gasteiger partial charge in [0.15, 0.2) is 5.65 Å². The highest BCUT2D eigenvalue weighted by Crippen LogP contribution is 2.35. The monoisotopic (exact) mass is 423 g/mol. The molecule has 0 aliphatic rings. The van der Waals surface area contributed by atoms with Gasteiger partial charge in [-0.2, -0.15) is 0 Å². The van der Waals surface area contributed by atoms with Gasteiger partial charge >= 0.3 is 0 Å². The number of nitrogens with zero attached hydrogens (tertiary/aromatic N) is 4. The molecular formula is C16H17N5O5S2. The van der Waals surface area contributed by atoms with Crippen LogP contribution >= 0.6 is 11.8 Å². The molecule has 1 unspecified atom stereocenters. The van der Waals surface area contributed by atoms with Crippen LogP contribution in [-0.2, 0) is 14.8 Å². The molecule has 12 heteroatoms. The maximum absolute atomic E-state index is 12.5. The van der Waals surface area contributed by atoms with Gasteiger partial charge in [0.05, 0.1) is 21.3 Å². The zero-order valence-electron chi connectivity index (χ0n) is 15.0. The van der Waals surface area contributed by atoms with Gasteiger partial charge in [0.1, 0.15) is 0 Å². The third-order valence-corrected chi connectivity index (χ3v) is 6.31. The lowest BCUT2D eigenvalue weighted by atomic mass is 10.3. The van der Waals surface area contributed by atoms with Crippen molar-refractivity contribution in [3.63, 3.8) is 0 Å². The van der Waals surface area contributed by atoms with E-state index in [1.807, 2.05) is 0 Å². The normalized spacial score (nSPS) is 12.9. The summed E-state index contributed by atoms with van der Waals surface area (Å²) < 4.78 is 34.0. The summed E-state index contributed by atoms with van der Waals surface area (Å²) in [4.78, 5) is 11.0. The highest BCUT2D eigenvalue weighted by atomic mass is 32.2. The van der Waals surface area contributed by atoms with Crippen LogP contribution in [0.25, 0.3) is 5.65 Å². The third-order valence-electron chi connectivity index (χ3n) is 3.69. The quantitative estimate of drug-likeness (QED) is 0.431. The average molecular weight is 423 g/mol. The number of sulfonamides is 1. The second-order valence-corrected chi connectivity index (χ2v) is 8.60. The van der Waals surface area contributed by atoms with Gasteiger partial charge in [-0.25, -0.2) is 13.1 Å². The van der Waals surface area contributed by atoms with E-state index in [2.05, 4.69) is 14.9 Å². The fraction of sp³-hybridized carbons (Fsp3) is 0.250. The smallest absolute Gasteiger partial charge is 0.284 e. The van der Waals surface area contributed by atoms with Crippen molar-refractivity contribution in [3.05, 3.63) is 52.7 Å². The van der Waals surface area contributed by atoms with Crippen LogP contribution in [0, 0.1) is 10.1 Å². The van der Waals surface area contributed by atoms with Crippen LogP contribution in [0.4, 0.5) is 5.69 Å². The second kappa shape index (κ2) is 8.22. The molecule has 2 heterocycles. The first kappa shape index (κ1) is 20.2. The fourth-order valence-corrected chi connectivity index (χ4v) is 4.65. The lowest BCUT2D eigenvalue weighted by Crippen LogP contribution is -2.35. The van der Waals surface area contributed by atoms with E-state index in [-0.39, 0.29) is 22.1 Å². The van der Waals surface area contributed by atoms with Gasteiger partial charge in [-0.15, -0.1) is 10.2 Å². The number of benzene rings is 1. The molecular weight excluding hydrogens is 406 g/mol. The summed E-state index contributed by atoms with van der Waals surface area (Å²) in [5.41, 5.74) is 0.267. The average Bonchev–Trinajstić information content (AvgIpc) is 3.04. The Labute approximate surface area is 165 Å². The Morgan fingerprint density at radius 1 is 1.32 bits per heavy atom. The van der Waals surface area contributed by atoms with Crippen molar-refractivity contribution in [2.45, 2.75) is 27.9 Å². The number of hydrogen-bond donors (Lipinski definition) is 1. The van der Waals surface area contributed by atoms with E-state index in [0.717, 1.165) is 17.8 Å². The molecule has 0 aliphatic carbocycles. The van der Waals surface area contributed by atoms with Crippen molar-refractivity contribution in [3.8, 4) is 0 Å². The number of rotatable bonds is 8. The highest BCUT2D eigenvalue weighted by Gasteiger charge is 2.24. The summed E-state index contributed by atoms with van der Waals surface area (Å²) in [6, 6.07) is 8.62. The molecule has 0 bridgehead atoms. The van der Waals surface area contributed by atoms with Crippen LogP contribution in [0.1, 0.15) is 6.92 Å². The van der Waals surface area contributed by atoms with E-state index >= 15 is 0 Å². The van der Waals surface area contributed by atoms with Crippen molar-refractivity contribution < 1.29 is 18.1 Å². The Morgan fingerprint density at radius 3 is 2.82 bits per heavy atom. The molecule has 148 valence electrons. The molecule has 0 aliphatic heterocycles. The number of methoxy groups -OCH3 is 1. The molecule has 0 saturated carbocycles. The summed E-state index contributed by atoms with van der Waals surface area (Å²) in [7, 11) is -2.47. The summed E-state index contributed by atoms with van der Waals surface area (Å²) in [5.74, 6) is 0. The van der Waals surface area contributed by atoms with Gasteiger partial charge in [-0.05, 0) is 43.0 Å². The summed E-state index contributed by atoms with van der Waals surface area (Å²) >= 11 is 1.03. The topological polar surface area (TPSA) is 129 Å². The lowest BCUT2D eigenvalue weighted by molar-refractivity contribution is -0.388. The molecule has 1 N–H and O–H groups in total.